The van der Waals surface area contributed by atoms with Crippen LogP contribution in [-0.2, 0) is 14.8 Å². The number of anilines is 1. The first-order chi connectivity index (χ1) is 11.5. The summed E-state index contributed by atoms with van der Waals surface area (Å²) in [4.78, 5) is 12.5. The Bertz CT molecular complexity index is 816. The SMILES string of the molecule is Cc1ccccc1NC(=O)C1CCCN(S(=O)(=O)c2cccs2)C1. The summed E-state index contributed by atoms with van der Waals surface area (Å²) in [6, 6.07) is 10.9. The molecule has 0 spiro atoms. The van der Waals surface area contributed by atoms with Crippen molar-refractivity contribution in [2.75, 3.05) is 18.4 Å². The molecule has 0 aliphatic carbocycles. The van der Waals surface area contributed by atoms with Crippen molar-refractivity contribution in [2.45, 2.75) is 24.0 Å². The van der Waals surface area contributed by atoms with E-state index >= 15 is 0 Å². The molecule has 0 bridgehead atoms. The van der Waals surface area contributed by atoms with E-state index in [2.05, 4.69) is 5.32 Å². The third-order valence-corrected chi connectivity index (χ3v) is 7.49. The van der Waals surface area contributed by atoms with E-state index in [1.807, 2.05) is 31.2 Å². The minimum Gasteiger partial charge on any atom is -0.326 e. The number of aryl methyl sites for hydroxylation is 1. The number of hydrogen-bond donors (Lipinski definition) is 1. The summed E-state index contributed by atoms with van der Waals surface area (Å²) in [5.41, 5.74) is 1.77. The number of nitrogens with one attached hydrogen (secondary N) is 1. The molecule has 1 unspecified atom stereocenters. The Labute approximate surface area is 146 Å². The zero-order valence-corrected chi connectivity index (χ0v) is 15.1. The van der Waals surface area contributed by atoms with Gasteiger partial charge in [-0.1, -0.05) is 24.3 Å². The number of hydrogen-bond acceptors (Lipinski definition) is 4. The van der Waals surface area contributed by atoms with Crippen molar-refractivity contribution in [3.05, 3.63) is 47.3 Å². The number of carbonyl (C=O) groups is 1. The highest BCUT2D eigenvalue weighted by molar-refractivity contribution is 7.91. The van der Waals surface area contributed by atoms with Gasteiger partial charge in [0.05, 0.1) is 5.92 Å². The Balaban J connectivity index is 1.72. The maximum Gasteiger partial charge on any atom is 0.252 e. The van der Waals surface area contributed by atoms with Gasteiger partial charge in [0.15, 0.2) is 0 Å². The lowest BCUT2D eigenvalue weighted by Gasteiger charge is -2.30. The molecule has 1 aromatic carbocycles. The second-order valence-corrected chi connectivity index (χ2v) is 9.05. The largest absolute Gasteiger partial charge is 0.326 e. The number of rotatable bonds is 4. The Morgan fingerprint density at radius 2 is 2.04 bits per heavy atom. The molecular formula is C17H20N2O3S2. The smallest absolute Gasteiger partial charge is 0.252 e. The summed E-state index contributed by atoms with van der Waals surface area (Å²) in [7, 11) is -3.49. The van der Waals surface area contributed by atoms with E-state index in [0.717, 1.165) is 11.3 Å². The molecule has 3 rings (SSSR count). The molecule has 5 nitrogen and oxygen atoms in total. The van der Waals surface area contributed by atoms with Crippen LogP contribution >= 0.6 is 11.3 Å². The lowest BCUT2D eigenvalue weighted by molar-refractivity contribution is -0.120. The average Bonchev–Trinajstić information content (AvgIpc) is 3.12. The van der Waals surface area contributed by atoms with E-state index < -0.39 is 10.0 Å². The Kier molecular flexibility index (Phi) is 5.03. The van der Waals surface area contributed by atoms with Crippen LogP contribution < -0.4 is 5.32 Å². The van der Waals surface area contributed by atoms with Crippen molar-refractivity contribution in [1.82, 2.24) is 4.31 Å². The van der Waals surface area contributed by atoms with Gasteiger partial charge >= 0.3 is 0 Å². The number of benzene rings is 1. The summed E-state index contributed by atoms with van der Waals surface area (Å²) in [5, 5.41) is 4.68. The lowest BCUT2D eigenvalue weighted by Crippen LogP contribution is -2.43. The maximum atomic E-state index is 12.6. The van der Waals surface area contributed by atoms with Gasteiger partial charge in [-0.05, 0) is 42.8 Å². The molecule has 24 heavy (non-hydrogen) atoms. The molecule has 0 radical (unpaired) electrons. The minimum atomic E-state index is -3.49. The van der Waals surface area contributed by atoms with Crippen LogP contribution in [0.5, 0.6) is 0 Å². The van der Waals surface area contributed by atoms with Crippen molar-refractivity contribution in [2.24, 2.45) is 5.92 Å². The predicted molar refractivity (Wildman–Crippen MR) is 95.6 cm³/mol. The topological polar surface area (TPSA) is 66.5 Å². The average molecular weight is 364 g/mol. The van der Waals surface area contributed by atoms with Crippen LogP contribution in [0.25, 0.3) is 0 Å². The van der Waals surface area contributed by atoms with Gasteiger partial charge in [0, 0.05) is 18.8 Å². The molecule has 1 aromatic heterocycles. The molecule has 2 aromatic rings. The van der Waals surface area contributed by atoms with Crippen LogP contribution in [0.15, 0.2) is 46.0 Å². The van der Waals surface area contributed by atoms with Gasteiger partial charge in [-0.25, -0.2) is 8.42 Å². The van der Waals surface area contributed by atoms with Gasteiger partial charge in [-0.15, -0.1) is 11.3 Å². The molecule has 1 saturated heterocycles. The van der Waals surface area contributed by atoms with Crippen molar-refractivity contribution in [1.29, 1.82) is 0 Å². The van der Waals surface area contributed by atoms with E-state index in [0.29, 0.717) is 23.6 Å². The van der Waals surface area contributed by atoms with Crippen LogP contribution in [0.2, 0.25) is 0 Å². The highest BCUT2D eigenvalue weighted by atomic mass is 32.2. The highest BCUT2D eigenvalue weighted by Crippen LogP contribution is 2.27. The number of carbonyl (C=O) groups excluding carboxylic acids is 1. The van der Waals surface area contributed by atoms with Crippen molar-refractivity contribution >= 4 is 33.0 Å². The molecule has 7 heteroatoms. The fourth-order valence-electron chi connectivity index (χ4n) is 2.86. The second kappa shape index (κ2) is 7.04. The molecule has 1 aliphatic heterocycles. The van der Waals surface area contributed by atoms with E-state index in [1.54, 1.807) is 17.5 Å². The first-order valence-electron chi connectivity index (χ1n) is 7.88. The maximum absolute atomic E-state index is 12.6. The zero-order valence-electron chi connectivity index (χ0n) is 13.4. The van der Waals surface area contributed by atoms with E-state index in [1.165, 1.54) is 15.6 Å². The number of amides is 1. The minimum absolute atomic E-state index is 0.115. The van der Waals surface area contributed by atoms with Gasteiger partial charge in [0.25, 0.3) is 10.0 Å². The van der Waals surface area contributed by atoms with Gasteiger partial charge in [0.2, 0.25) is 5.91 Å². The molecule has 1 N–H and O–H groups in total. The predicted octanol–water partition coefficient (Wildman–Crippen LogP) is 3.10. The zero-order chi connectivity index (χ0) is 17.2. The molecular weight excluding hydrogens is 344 g/mol. The Hall–Kier alpha value is -1.70. The Morgan fingerprint density at radius 1 is 1.25 bits per heavy atom. The molecule has 1 amide bonds. The number of piperidine rings is 1. The van der Waals surface area contributed by atoms with Crippen molar-refractivity contribution in [3.63, 3.8) is 0 Å². The van der Waals surface area contributed by atoms with Gasteiger partial charge in [-0.2, -0.15) is 4.31 Å². The molecule has 1 atom stereocenters. The molecule has 2 heterocycles. The van der Waals surface area contributed by atoms with E-state index in [-0.39, 0.29) is 18.4 Å². The van der Waals surface area contributed by atoms with Crippen LogP contribution in [0.4, 0.5) is 5.69 Å². The van der Waals surface area contributed by atoms with E-state index in [4.69, 9.17) is 0 Å². The monoisotopic (exact) mass is 364 g/mol. The Morgan fingerprint density at radius 3 is 2.75 bits per heavy atom. The quantitative estimate of drug-likeness (QED) is 0.906. The summed E-state index contributed by atoms with van der Waals surface area (Å²) in [6.07, 6.45) is 1.39. The van der Waals surface area contributed by atoms with Crippen LogP contribution in [-0.4, -0.2) is 31.7 Å². The summed E-state index contributed by atoms with van der Waals surface area (Å²) < 4.78 is 27.0. The number of nitrogens with zero attached hydrogens (tertiary/aromatic N) is 1. The van der Waals surface area contributed by atoms with Gasteiger partial charge in [0.1, 0.15) is 4.21 Å². The standard InChI is InChI=1S/C17H20N2O3S2/c1-13-6-2-3-8-15(13)18-17(20)14-7-4-10-19(12-14)24(21,22)16-9-5-11-23-16/h2-3,5-6,8-9,11,14H,4,7,10,12H2,1H3,(H,18,20). The summed E-state index contributed by atoms with van der Waals surface area (Å²) >= 11 is 1.21. The lowest BCUT2D eigenvalue weighted by atomic mass is 9.98. The molecule has 1 fully saturated rings. The first kappa shape index (κ1) is 17.1. The van der Waals surface area contributed by atoms with Gasteiger partial charge < -0.3 is 5.32 Å². The molecule has 128 valence electrons. The third-order valence-electron chi connectivity index (χ3n) is 4.25. The molecule has 0 saturated carbocycles. The fourth-order valence-corrected chi connectivity index (χ4v) is 5.53. The van der Waals surface area contributed by atoms with Crippen LogP contribution in [0, 0.1) is 12.8 Å². The number of thiophene rings is 1. The van der Waals surface area contributed by atoms with Crippen LogP contribution in [0.3, 0.4) is 0 Å². The van der Waals surface area contributed by atoms with Crippen LogP contribution in [0.1, 0.15) is 18.4 Å². The highest BCUT2D eigenvalue weighted by Gasteiger charge is 2.33. The molecule has 1 aliphatic rings. The number of sulfonamides is 1. The normalized spacial score (nSPS) is 19.1. The summed E-state index contributed by atoms with van der Waals surface area (Å²) in [5.74, 6) is -0.441. The van der Waals surface area contributed by atoms with Gasteiger partial charge in [-0.3, -0.25) is 4.79 Å². The number of para-hydroxylation sites is 1. The fraction of sp³-hybridized carbons (Fsp3) is 0.353. The first-order valence-corrected chi connectivity index (χ1v) is 10.2. The van der Waals surface area contributed by atoms with Crippen molar-refractivity contribution in [3.8, 4) is 0 Å². The second-order valence-electron chi connectivity index (χ2n) is 5.94. The third kappa shape index (κ3) is 3.53. The van der Waals surface area contributed by atoms with E-state index in [9.17, 15) is 13.2 Å². The van der Waals surface area contributed by atoms with Crippen molar-refractivity contribution < 1.29 is 13.2 Å². The summed E-state index contributed by atoms with van der Waals surface area (Å²) in [6.45, 7) is 2.64.